The third-order valence-electron chi connectivity index (χ3n) is 6.62. The van der Waals surface area contributed by atoms with Gasteiger partial charge in [0.05, 0.1) is 16.8 Å². The lowest BCUT2D eigenvalue weighted by Gasteiger charge is -2.14. The highest BCUT2D eigenvalue weighted by Crippen LogP contribution is 2.40. The molecule has 3 aromatic rings. The van der Waals surface area contributed by atoms with Gasteiger partial charge in [0.1, 0.15) is 11.8 Å². The van der Waals surface area contributed by atoms with Crippen molar-refractivity contribution in [3.8, 4) is 23.1 Å². The van der Waals surface area contributed by atoms with Crippen molar-refractivity contribution in [2.75, 3.05) is 5.32 Å². The van der Waals surface area contributed by atoms with Crippen LogP contribution in [0.15, 0.2) is 42.5 Å². The minimum atomic E-state index is -2.91. The Bertz CT molecular complexity index is 1240. The molecule has 1 aromatic heterocycles. The molecule has 0 bridgehead atoms. The molecule has 2 fully saturated rings. The molecular weight excluding hydrogens is 438 g/mol. The Kier molecular flexibility index (Phi) is 6.10. The topological polar surface area (TPSA) is 79.1 Å². The van der Waals surface area contributed by atoms with Crippen LogP contribution in [0.4, 0.5) is 19.3 Å². The molecule has 2 saturated carbocycles. The van der Waals surface area contributed by atoms with Crippen molar-refractivity contribution >= 4 is 22.6 Å². The fourth-order valence-corrected chi connectivity index (χ4v) is 4.80. The van der Waals surface area contributed by atoms with E-state index in [4.69, 9.17) is 0 Å². The number of aromatic nitrogens is 1. The maximum atomic E-state index is 12.8. The van der Waals surface area contributed by atoms with Gasteiger partial charge in [-0.05, 0) is 61.4 Å². The van der Waals surface area contributed by atoms with Crippen LogP contribution in [0, 0.1) is 17.2 Å². The van der Waals surface area contributed by atoms with E-state index in [2.05, 4.69) is 21.4 Å². The number of nitrogens with one attached hydrogen (secondary N) is 2. The summed E-state index contributed by atoms with van der Waals surface area (Å²) in [6.45, 7) is -2.21. The number of nitriles is 1. The molecule has 0 saturated heterocycles. The van der Waals surface area contributed by atoms with E-state index in [9.17, 15) is 18.8 Å². The highest BCUT2D eigenvalue weighted by atomic mass is 19.3. The molecule has 2 aromatic carbocycles. The summed E-state index contributed by atoms with van der Waals surface area (Å²) >= 11 is 0. The molecule has 2 amide bonds. The zero-order valence-corrected chi connectivity index (χ0v) is 18.7. The van der Waals surface area contributed by atoms with Crippen molar-refractivity contribution in [2.45, 2.75) is 57.7 Å². The third kappa shape index (κ3) is 4.69. The number of anilines is 1. The number of hydrogen-bond donors (Lipinski definition) is 2. The second-order valence-electron chi connectivity index (χ2n) is 9.10. The van der Waals surface area contributed by atoms with Crippen LogP contribution < -0.4 is 15.4 Å². The molecule has 2 N–H and O–H groups in total. The monoisotopic (exact) mass is 464 g/mol. The number of rotatable bonds is 7. The van der Waals surface area contributed by atoms with Gasteiger partial charge in [-0.15, -0.1) is 0 Å². The molecule has 5 rings (SSSR count). The lowest BCUT2D eigenvalue weighted by atomic mass is 10.1. The highest BCUT2D eigenvalue weighted by Gasteiger charge is 2.27. The molecule has 0 aliphatic heterocycles. The predicted octanol–water partition coefficient (Wildman–Crippen LogP) is 6.26. The molecule has 8 heteroatoms. The molecule has 2 aliphatic rings. The Labute approximate surface area is 196 Å². The Morgan fingerprint density at radius 3 is 2.50 bits per heavy atom. The molecule has 6 nitrogen and oxygen atoms in total. The van der Waals surface area contributed by atoms with Crippen molar-refractivity contribution in [3.63, 3.8) is 0 Å². The average molecular weight is 465 g/mol. The van der Waals surface area contributed by atoms with Crippen molar-refractivity contribution in [1.29, 1.82) is 5.26 Å². The lowest BCUT2D eigenvalue weighted by Crippen LogP contribution is -2.36. The van der Waals surface area contributed by atoms with Crippen LogP contribution in [0.2, 0.25) is 0 Å². The fourth-order valence-electron chi connectivity index (χ4n) is 4.80. The van der Waals surface area contributed by atoms with E-state index in [0.29, 0.717) is 34.6 Å². The minimum absolute atomic E-state index is 0.0703. The maximum Gasteiger partial charge on any atom is 0.387 e. The smallest absolute Gasteiger partial charge is 0.387 e. The summed E-state index contributed by atoms with van der Waals surface area (Å²) in [5.41, 5.74) is 3.44. The summed E-state index contributed by atoms with van der Waals surface area (Å²) in [5, 5.41) is 16.6. The first-order valence-electron chi connectivity index (χ1n) is 11.7. The SMILES string of the molecule is N#Cc1c(-c2ccc(NC(=O)NC3CCCC3)cc2)n(CC2CC2)c2cc(OC(F)F)ccc12. The quantitative estimate of drug-likeness (QED) is 0.433. The standard InChI is InChI=1S/C26H26F2N4O2/c27-25(28)34-20-11-12-21-22(14-29)24(32(23(21)13-20)15-16-5-6-16)17-7-9-19(10-8-17)31-26(33)30-18-3-1-2-4-18/h7-13,16,18,25H,1-6,15H2,(H2,30,31,33). The van der Waals surface area contributed by atoms with E-state index in [-0.39, 0.29) is 17.8 Å². The number of carbonyl (C=O) groups excluding carboxylic acids is 1. The summed E-state index contributed by atoms with van der Waals surface area (Å²) in [6, 6.07) is 14.4. The van der Waals surface area contributed by atoms with Crippen LogP contribution in [0.25, 0.3) is 22.2 Å². The second-order valence-corrected chi connectivity index (χ2v) is 9.10. The van der Waals surface area contributed by atoms with E-state index >= 15 is 0 Å². The number of hydrogen-bond acceptors (Lipinski definition) is 3. The Balaban J connectivity index is 1.46. The van der Waals surface area contributed by atoms with Crippen LogP contribution in [-0.4, -0.2) is 23.3 Å². The number of amides is 2. The summed E-state index contributed by atoms with van der Waals surface area (Å²) in [6.07, 6.45) is 6.52. The molecule has 2 aliphatic carbocycles. The van der Waals surface area contributed by atoms with Crippen LogP contribution in [0.1, 0.15) is 44.1 Å². The number of fused-ring (bicyclic) bond motifs is 1. The van der Waals surface area contributed by atoms with Gasteiger partial charge in [0, 0.05) is 29.7 Å². The van der Waals surface area contributed by atoms with Crippen LogP contribution >= 0.6 is 0 Å². The second kappa shape index (κ2) is 9.34. The van der Waals surface area contributed by atoms with Crippen molar-refractivity contribution < 1.29 is 18.3 Å². The number of carbonyl (C=O) groups is 1. The summed E-state index contributed by atoms with van der Waals surface area (Å²) < 4.78 is 32.2. The molecular formula is C26H26F2N4O2. The Hall–Kier alpha value is -3.60. The van der Waals surface area contributed by atoms with Crippen molar-refractivity contribution in [2.24, 2.45) is 5.92 Å². The number of benzene rings is 2. The number of ether oxygens (including phenoxy) is 1. The van der Waals surface area contributed by atoms with Gasteiger partial charge < -0.3 is 19.9 Å². The van der Waals surface area contributed by atoms with Crippen LogP contribution in [0.5, 0.6) is 5.75 Å². The molecule has 34 heavy (non-hydrogen) atoms. The number of nitrogens with zero attached hydrogens (tertiary/aromatic N) is 2. The van der Waals surface area contributed by atoms with Gasteiger partial charge in [-0.3, -0.25) is 0 Å². The molecule has 0 atom stereocenters. The van der Waals surface area contributed by atoms with E-state index in [1.54, 1.807) is 12.1 Å². The van der Waals surface area contributed by atoms with E-state index < -0.39 is 6.61 Å². The van der Waals surface area contributed by atoms with Gasteiger partial charge in [-0.2, -0.15) is 14.0 Å². The number of alkyl halides is 2. The average Bonchev–Trinajstić information content (AvgIpc) is 3.39. The van der Waals surface area contributed by atoms with E-state index in [1.807, 2.05) is 28.8 Å². The third-order valence-corrected chi connectivity index (χ3v) is 6.62. The zero-order chi connectivity index (χ0) is 23.7. The summed E-state index contributed by atoms with van der Waals surface area (Å²) in [5.74, 6) is 0.571. The number of urea groups is 1. The normalized spacial score (nSPS) is 16.1. The van der Waals surface area contributed by atoms with Gasteiger partial charge >= 0.3 is 12.6 Å². The van der Waals surface area contributed by atoms with Gasteiger partial charge in [0.25, 0.3) is 0 Å². The van der Waals surface area contributed by atoms with Gasteiger partial charge in [0.15, 0.2) is 0 Å². The summed E-state index contributed by atoms with van der Waals surface area (Å²) in [4.78, 5) is 12.3. The Morgan fingerprint density at radius 1 is 1.12 bits per heavy atom. The van der Waals surface area contributed by atoms with Gasteiger partial charge in [-0.1, -0.05) is 25.0 Å². The van der Waals surface area contributed by atoms with Crippen LogP contribution in [0.3, 0.4) is 0 Å². The first-order chi connectivity index (χ1) is 16.5. The van der Waals surface area contributed by atoms with E-state index in [1.165, 1.54) is 6.07 Å². The fraction of sp³-hybridized carbons (Fsp3) is 0.385. The predicted molar refractivity (Wildman–Crippen MR) is 126 cm³/mol. The lowest BCUT2D eigenvalue weighted by molar-refractivity contribution is -0.0497. The zero-order valence-electron chi connectivity index (χ0n) is 18.7. The molecule has 0 unspecified atom stereocenters. The van der Waals surface area contributed by atoms with Crippen molar-refractivity contribution in [1.82, 2.24) is 9.88 Å². The van der Waals surface area contributed by atoms with Crippen LogP contribution in [-0.2, 0) is 6.54 Å². The molecule has 1 heterocycles. The van der Waals surface area contributed by atoms with Gasteiger partial charge in [0.2, 0.25) is 0 Å². The first-order valence-corrected chi connectivity index (χ1v) is 11.7. The number of halogens is 2. The Morgan fingerprint density at radius 2 is 1.85 bits per heavy atom. The minimum Gasteiger partial charge on any atom is -0.435 e. The highest BCUT2D eigenvalue weighted by molar-refractivity contribution is 5.96. The van der Waals surface area contributed by atoms with Crippen molar-refractivity contribution in [3.05, 3.63) is 48.0 Å². The van der Waals surface area contributed by atoms with E-state index in [0.717, 1.165) is 49.8 Å². The maximum absolute atomic E-state index is 12.8. The molecule has 176 valence electrons. The molecule has 0 spiro atoms. The first kappa shape index (κ1) is 22.2. The molecule has 0 radical (unpaired) electrons. The largest absolute Gasteiger partial charge is 0.435 e. The van der Waals surface area contributed by atoms with Gasteiger partial charge in [-0.25, -0.2) is 4.79 Å². The summed E-state index contributed by atoms with van der Waals surface area (Å²) in [7, 11) is 0.